The van der Waals surface area contributed by atoms with E-state index in [-0.39, 0.29) is 17.9 Å². The molecule has 26 heavy (non-hydrogen) atoms. The van der Waals surface area contributed by atoms with Crippen LogP contribution in [0, 0.1) is 0 Å². The van der Waals surface area contributed by atoms with Gasteiger partial charge in [0.15, 0.2) is 0 Å². The van der Waals surface area contributed by atoms with Crippen molar-refractivity contribution in [3.05, 3.63) is 36.4 Å². The van der Waals surface area contributed by atoms with Gasteiger partial charge in [-0.05, 0) is 19.3 Å². The summed E-state index contributed by atoms with van der Waals surface area (Å²) in [5.74, 6) is 0.0175. The number of nitrogens with zero attached hydrogens (tertiary/aromatic N) is 6. The minimum absolute atomic E-state index is 0.0429. The van der Waals surface area contributed by atoms with Crippen LogP contribution < -0.4 is 5.32 Å². The molecule has 3 heterocycles. The van der Waals surface area contributed by atoms with Crippen molar-refractivity contribution in [2.24, 2.45) is 0 Å². The van der Waals surface area contributed by atoms with Gasteiger partial charge >= 0.3 is 0 Å². The topological polar surface area (TPSA) is 106 Å². The number of aryl methyl sites for hydroxylation is 1. The standard InChI is InChI=1S/C17H23N7O2/c1-13(25)20-9-14-8-18-10-15(22-14)16-4-2-7-24(16)17(26)5-3-6-23-12-19-11-21-23/h8,10-12,16H,2-7,9H2,1H3,(H,20,25). The van der Waals surface area contributed by atoms with Crippen LogP contribution in [0.1, 0.15) is 50.0 Å². The van der Waals surface area contributed by atoms with Crippen LogP contribution in [-0.4, -0.2) is 48.0 Å². The zero-order valence-corrected chi connectivity index (χ0v) is 14.8. The van der Waals surface area contributed by atoms with E-state index >= 15 is 0 Å². The van der Waals surface area contributed by atoms with Crippen molar-refractivity contribution in [1.29, 1.82) is 0 Å². The number of nitrogens with one attached hydrogen (secondary N) is 1. The fraction of sp³-hybridized carbons (Fsp3) is 0.529. The summed E-state index contributed by atoms with van der Waals surface area (Å²) < 4.78 is 1.73. The first-order chi connectivity index (χ1) is 12.6. The molecule has 0 spiro atoms. The second-order valence-corrected chi connectivity index (χ2v) is 6.35. The van der Waals surface area contributed by atoms with Crippen LogP contribution in [0.5, 0.6) is 0 Å². The van der Waals surface area contributed by atoms with Crippen molar-refractivity contribution < 1.29 is 9.59 Å². The molecule has 2 amide bonds. The van der Waals surface area contributed by atoms with E-state index in [0.717, 1.165) is 31.5 Å². The molecule has 2 aromatic rings. The minimum atomic E-state index is -0.109. The third-order valence-electron chi connectivity index (χ3n) is 4.38. The van der Waals surface area contributed by atoms with Gasteiger partial charge in [0.2, 0.25) is 11.8 Å². The monoisotopic (exact) mass is 357 g/mol. The number of carbonyl (C=O) groups excluding carboxylic acids is 2. The van der Waals surface area contributed by atoms with Crippen molar-refractivity contribution in [3.8, 4) is 0 Å². The Morgan fingerprint density at radius 1 is 1.31 bits per heavy atom. The van der Waals surface area contributed by atoms with Crippen LogP contribution in [0.25, 0.3) is 0 Å². The number of rotatable bonds is 7. The lowest BCUT2D eigenvalue weighted by Crippen LogP contribution is -2.31. The highest BCUT2D eigenvalue weighted by Crippen LogP contribution is 2.31. The van der Waals surface area contributed by atoms with Crippen LogP contribution in [0.4, 0.5) is 0 Å². The molecule has 1 N–H and O–H groups in total. The average Bonchev–Trinajstić information content (AvgIpc) is 3.32. The van der Waals surface area contributed by atoms with Gasteiger partial charge in [0.05, 0.1) is 36.4 Å². The molecule has 1 unspecified atom stereocenters. The van der Waals surface area contributed by atoms with Gasteiger partial charge in [0.25, 0.3) is 0 Å². The van der Waals surface area contributed by atoms with Gasteiger partial charge in [-0.3, -0.25) is 24.2 Å². The zero-order chi connectivity index (χ0) is 18.4. The molecule has 138 valence electrons. The maximum atomic E-state index is 12.6. The van der Waals surface area contributed by atoms with Crippen molar-refractivity contribution in [2.45, 2.75) is 51.7 Å². The fourth-order valence-corrected chi connectivity index (χ4v) is 3.14. The molecule has 3 rings (SSSR count). The van der Waals surface area contributed by atoms with Gasteiger partial charge in [0, 0.05) is 26.4 Å². The van der Waals surface area contributed by atoms with Crippen LogP contribution in [0.3, 0.4) is 0 Å². The van der Waals surface area contributed by atoms with Crippen LogP contribution >= 0.6 is 0 Å². The summed E-state index contributed by atoms with van der Waals surface area (Å²) >= 11 is 0. The fourth-order valence-electron chi connectivity index (χ4n) is 3.14. The van der Waals surface area contributed by atoms with E-state index in [1.807, 2.05) is 4.90 Å². The van der Waals surface area contributed by atoms with Gasteiger partial charge in [-0.1, -0.05) is 0 Å². The predicted molar refractivity (Wildman–Crippen MR) is 92.5 cm³/mol. The van der Waals surface area contributed by atoms with Gasteiger partial charge in [0.1, 0.15) is 12.7 Å². The van der Waals surface area contributed by atoms with Gasteiger partial charge in [-0.2, -0.15) is 5.10 Å². The summed E-state index contributed by atoms with van der Waals surface area (Å²) in [6.45, 7) is 3.23. The number of likely N-dealkylation sites (tertiary alicyclic amines) is 1. The molecule has 0 radical (unpaired) electrons. The molecule has 0 aromatic carbocycles. The van der Waals surface area contributed by atoms with E-state index in [1.165, 1.54) is 13.3 Å². The molecule has 9 heteroatoms. The van der Waals surface area contributed by atoms with Crippen molar-refractivity contribution in [2.75, 3.05) is 6.54 Å². The maximum Gasteiger partial charge on any atom is 0.223 e. The highest BCUT2D eigenvalue weighted by molar-refractivity contribution is 5.77. The lowest BCUT2D eigenvalue weighted by molar-refractivity contribution is -0.132. The minimum Gasteiger partial charge on any atom is -0.351 e. The zero-order valence-electron chi connectivity index (χ0n) is 14.8. The van der Waals surface area contributed by atoms with Gasteiger partial charge in [-0.15, -0.1) is 0 Å². The predicted octanol–water partition coefficient (Wildman–Crippen LogP) is 0.848. The normalized spacial score (nSPS) is 16.7. The molecule has 0 aliphatic carbocycles. The smallest absolute Gasteiger partial charge is 0.223 e. The maximum absolute atomic E-state index is 12.6. The van der Waals surface area contributed by atoms with Crippen LogP contribution in [0.15, 0.2) is 25.0 Å². The third-order valence-corrected chi connectivity index (χ3v) is 4.38. The Hall–Kier alpha value is -2.84. The van der Waals surface area contributed by atoms with E-state index < -0.39 is 0 Å². The lowest BCUT2D eigenvalue weighted by Gasteiger charge is -2.24. The Kier molecular flexibility index (Phi) is 5.88. The molecule has 0 bridgehead atoms. The largest absolute Gasteiger partial charge is 0.351 e. The van der Waals surface area contributed by atoms with Crippen molar-refractivity contribution in [1.82, 2.24) is 34.9 Å². The van der Waals surface area contributed by atoms with Crippen LogP contribution in [0.2, 0.25) is 0 Å². The molecule has 2 aromatic heterocycles. The molecular formula is C17H23N7O2. The second kappa shape index (κ2) is 8.50. The molecule has 9 nitrogen and oxygen atoms in total. The number of aromatic nitrogens is 5. The van der Waals surface area contributed by atoms with Crippen LogP contribution in [-0.2, 0) is 22.7 Å². The molecule has 1 aliphatic heterocycles. The first-order valence-electron chi connectivity index (χ1n) is 8.80. The summed E-state index contributed by atoms with van der Waals surface area (Å²) in [6.07, 6.45) is 9.52. The van der Waals surface area contributed by atoms with E-state index in [2.05, 4.69) is 25.4 Å². The Morgan fingerprint density at radius 2 is 2.19 bits per heavy atom. The Balaban J connectivity index is 1.59. The number of hydrogen-bond acceptors (Lipinski definition) is 6. The third kappa shape index (κ3) is 4.62. The van der Waals surface area contributed by atoms with Crippen molar-refractivity contribution in [3.63, 3.8) is 0 Å². The number of hydrogen-bond donors (Lipinski definition) is 1. The summed E-state index contributed by atoms with van der Waals surface area (Å²) in [4.78, 5) is 38.3. The Morgan fingerprint density at radius 3 is 2.96 bits per heavy atom. The summed E-state index contributed by atoms with van der Waals surface area (Å²) in [5.41, 5.74) is 1.48. The summed E-state index contributed by atoms with van der Waals surface area (Å²) in [6, 6.07) is -0.0429. The molecular weight excluding hydrogens is 334 g/mol. The Bertz CT molecular complexity index is 747. The highest BCUT2D eigenvalue weighted by Gasteiger charge is 2.30. The molecule has 0 saturated carbocycles. The molecule has 1 aliphatic rings. The summed E-state index contributed by atoms with van der Waals surface area (Å²) in [5, 5.41) is 6.76. The quantitative estimate of drug-likeness (QED) is 0.787. The first-order valence-corrected chi connectivity index (χ1v) is 8.80. The Labute approximate surface area is 151 Å². The molecule has 1 atom stereocenters. The lowest BCUT2D eigenvalue weighted by atomic mass is 10.1. The van der Waals surface area contributed by atoms with E-state index in [0.29, 0.717) is 25.2 Å². The van der Waals surface area contributed by atoms with E-state index in [4.69, 9.17) is 0 Å². The summed E-state index contributed by atoms with van der Waals surface area (Å²) in [7, 11) is 0. The first kappa shape index (κ1) is 18.0. The van der Waals surface area contributed by atoms with E-state index in [9.17, 15) is 9.59 Å². The molecule has 1 fully saturated rings. The SMILES string of the molecule is CC(=O)NCc1cncc(C2CCCN2C(=O)CCCn2cncn2)n1. The second-order valence-electron chi connectivity index (χ2n) is 6.35. The van der Waals surface area contributed by atoms with E-state index in [1.54, 1.807) is 23.4 Å². The van der Waals surface area contributed by atoms with Gasteiger partial charge < -0.3 is 10.2 Å². The molecule has 1 saturated heterocycles. The van der Waals surface area contributed by atoms with Crippen molar-refractivity contribution >= 4 is 11.8 Å². The highest BCUT2D eigenvalue weighted by atomic mass is 16.2. The number of carbonyl (C=O) groups is 2. The average molecular weight is 357 g/mol. The number of amides is 2. The van der Waals surface area contributed by atoms with Gasteiger partial charge in [-0.25, -0.2) is 4.98 Å².